The van der Waals surface area contributed by atoms with Gasteiger partial charge in [-0.25, -0.2) is 13.5 Å². The fourth-order valence-corrected chi connectivity index (χ4v) is 1.47. The topological polar surface area (TPSA) is 54.5 Å². The Morgan fingerprint density at radius 3 is 2.75 bits per heavy atom. The molecule has 0 atom stereocenters. The molecular weight excluding hydrogens is 214 g/mol. The van der Waals surface area contributed by atoms with E-state index in [-0.39, 0.29) is 17.8 Å². The van der Waals surface area contributed by atoms with Crippen molar-refractivity contribution in [3.63, 3.8) is 0 Å². The van der Waals surface area contributed by atoms with Gasteiger partial charge in [0.05, 0.1) is 12.5 Å². The molecule has 0 aliphatic heterocycles. The Labute approximate surface area is 92.9 Å². The minimum atomic E-state index is -2.63. The van der Waals surface area contributed by atoms with Crippen LogP contribution in [0.25, 0.3) is 0 Å². The number of hydrogen-bond acceptors (Lipinski definition) is 3. The highest BCUT2D eigenvalue weighted by Gasteiger charge is 2.20. The molecule has 1 rings (SSSR count). The number of rotatable bonds is 6. The maximum atomic E-state index is 12.7. The molecule has 4 nitrogen and oxygen atoms in total. The van der Waals surface area contributed by atoms with E-state index in [0.717, 1.165) is 19.3 Å². The van der Waals surface area contributed by atoms with E-state index >= 15 is 0 Å². The summed E-state index contributed by atoms with van der Waals surface area (Å²) in [4.78, 5) is 0. The quantitative estimate of drug-likeness (QED) is 0.703. The summed E-state index contributed by atoms with van der Waals surface area (Å²) in [6.45, 7) is 2.47. The van der Waals surface area contributed by atoms with Crippen molar-refractivity contribution in [2.24, 2.45) is 0 Å². The van der Waals surface area contributed by atoms with Gasteiger partial charge in [0.2, 0.25) is 0 Å². The van der Waals surface area contributed by atoms with Crippen LogP contribution in [-0.2, 0) is 13.0 Å². The molecule has 1 aromatic heterocycles. The third-order valence-electron chi connectivity index (χ3n) is 2.27. The van der Waals surface area contributed by atoms with Crippen LogP contribution in [0.3, 0.4) is 0 Å². The molecule has 0 aliphatic carbocycles. The lowest BCUT2D eigenvalue weighted by Gasteiger charge is -2.05. The molecule has 0 aromatic carbocycles. The van der Waals surface area contributed by atoms with Gasteiger partial charge in [-0.2, -0.15) is 5.26 Å². The summed E-state index contributed by atoms with van der Waals surface area (Å²) in [5, 5.41) is 15.8. The number of aromatic nitrogens is 3. The van der Waals surface area contributed by atoms with Crippen molar-refractivity contribution in [1.29, 1.82) is 5.26 Å². The van der Waals surface area contributed by atoms with Crippen LogP contribution in [0.15, 0.2) is 0 Å². The van der Waals surface area contributed by atoms with E-state index < -0.39 is 6.43 Å². The van der Waals surface area contributed by atoms with E-state index in [1.165, 1.54) is 4.68 Å². The summed E-state index contributed by atoms with van der Waals surface area (Å²) in [5.41, 5.74) is -0.119. The first-order chi connectivity index (χ1) is 7.70. The Morgan fingerprint density at radius 2 is 2.19 bits per heavy atom. The van der Waals surface area contributed by atoms with Crippen molar-refractivity contribution >= 4 is 0 Å². The summed E-state index contributed by atoms with van der Waals surface area (Å²) < 4.78 is 26.7. The van der Waals surface area contributed by atoms with Crippen molar-refractivity contribution in [3.8, 4) is 6.07 Å². The van der Waals surface area contributed by atoms with E-state index in [2.05, 4.69) is 10.3 Å². The summed E-state index contributed by atoms with van der Waals surface area (Å²) >= 11 is 0. The molecule has 0 saturated carbocycles. The first-order valence-electron chi connectivity index (χ1n) is 5.28. The van der Waals surface area contributed by atoms with E-state index in [1.54, 1.807) is 0 Å². The second kappa shape index (κ2) is 6.16. The van der Waals surface area contributed by atoms with Crippen molar-refractivity contribution in [3.05, 3.63) is 11.4 Å². The number of alkyl halides is 2. The molecule has 88 valence electrons. The van der Waals surface area contributed by atoms with Gasteiger partial charge >= 0.3 is 0 Å². The van der Waals surface area contributed by atoms with Gasteiger partial charge in [0.25, 0.3) is 6.43 Å². The van der Waals surface area contributed by atoms with Crippen LogP contribution < -0.4 is 0 Å². The second-order valence-electron chi connectivity index (χ2n) is 3.49. The molecule has 0 fully saturated rings. The predicted octanol–water partition coefficient (Wildman–Crippen LogP) is 2.47. The Balaban J connectivity index is 2.79. The van der Waals surface area contributed by atoms with Gasteiger partial charge in [0.1, 0.15) is 11.4 Å². The third kappa shape index (κ3) is 2.99. The highest BCUT2D eigenvalue weighted by atomic mass is 19.3. The van der Waals surface area contributed by atoms with Crippen LogP contribution in [0.5, 0.6) is 0 Å². The summed E-state index contributed by atoms with van der Waals surface area (Å²) in [7, 11) is 0. The molecule has 0 aliphatic rings. The number of hydrogen-bond donors (Lipinski definition) is 0. The molecule has 1 aromatic rings. The number of unbranched alkanes of at least 4 members (excludes halogenated alkanes) is 2. The second-order valence-corrected chi connectivity index (χ2v) is 3.49. The van der Waals surface area contributed by atoms with Gasteiger partial charge in [0.15, 0.2) is 0 Å². The molecule has 0 amide bonds. The largest absolute Gasteiger partial charge is 0.281 e. The van der Waals surface area contributed by atoms with Crippen LogP contribution in [0.2, 0.25) is 0 Å². The summed E-state index contributed by atoms with van der Waals surface area (Å²) in [5.74, 6) is 0. The highest BCUT2D eigenvalue weighted by molar-refractivity contribution is 5.15. The van der Waals surface area contributed by atoms with E-state index in [1.807, 2.05) is 13.0 Å². The average Bonchev–Trinajstić information content (AvgIpc) is 2.62. The van der Waals surface area contributed by atoms with E-state index in [9.17, 15) is 8.78 Å². The van der Waals surface area contributed by atoms with Crippen molar-refractivity contribution < 1.29 is 8.78 Å². The van der Waals surface area contributed by atoms with Gasteiger partial charge in [0, 0.05) is 6.54 Å². The maximum absolute atomic E-state index is 12.7. The fraction of sp³-hybridized carbons (Fsp3) is 0.700. The predicted molar refractivity (Wildman–Crippen MR) is 53.8 cm³/mol. The van der Waals surface area contributed by atoms with Gasteiger partial charge in [-0.05, 0) is 6.42 Å². The SMILES string of the molecule is CCCCCn1nnc(CC#N)c1C(F)F. The first kappa shape index (κ1) is 12.6. The molecule has 0 saturated heterocycles. The minimum absolute atomic E-state index is 0.0917. The van der Waals surface area contributed by atoms with Gasteiger partial charge in [-0.3, -0.25) is 0 Å². The van der Waals surface area contributed by atoms with Gasteiger partial charge in [-0.15, -0.1) is 5.10 Å². The molecule has 0 unspecified atom stereocenters. The Morgan fingerprint density at radius 1 is 1.44 bits per heavy atom. The summed E-state index contributed by atoms with van der Waals surface area (Å²) in [6.07, 6.45) is 0.0406. The molecule has 0 N–H and O–H groups in total. The van der Waals surface area contributed by atoms with Crippen molar-refractivity contribution in [1.82, 2.24) is 15.0 Å². The Bertz CT molecular complexity index is 367. The fourth-order valence-electron chi connectivity index (χ4n) is 1.47. The number of nitriles is 1. The first-order valence-corrected chi connectivity index (χ1v) is 5.28. The van der Waals surface area contributed by atoms with Crippen molar-refractivity contribution in [2.75, 3.05) is 0 Å². The lowest BCUT2D eigenvalue weighted by molar-refractivity contribution is 0.137. The summed E-state index contributed by atoms with van der Waals surface area (Å²) in [6, 6.07) is 1.81. The van der Waals surface area contributed by atoms with Crippen LogP contribution in [0, 0.1) is 11.3 Å². The zero-order valence-electron chi connectivity index (χ0n) is 9.16. The zero-order valence-corrected chi connectivity index (χ0v) is 9.16. The Hall–Kier alpha value is -1.51. The molecule has 6 heteroatoms. The van der Waals surface area contributed by atoms with Crippen LogP contribution in [0.4, 0.5) is 8.78 Å². The standard InChI is InChI=1S/C10H14F2N4/c1-2-3-4-7-16-9(10(11)12)8(5-6-13)14-15-16/h10H,2-5,7H2,1H3. The van der Waals surface area contributed by atoms with Crippen LogP contribution >= 0.6 is 0 Å². The normalized spacial score (nSPS) is 10.7. The smallest absolute Gasteiger partial charge is 0.243 e. The van der Waals surface area contributed by atoms with Gasteiger partial charge < -0.3 is 0 Å². The third-order valence-corrected chi connectivity index (χ3v) is 2.27. The lowest BCUT2D eigenvalue weighted by atomic mass is 10.2. The van der Waals surface area contributed by atoms with Crippen molar-refractivity contribution in [2.45, 2.75) is 45.6 Å². The molecule has 0 spiro atoms. The lowest BCUT2D eigenvalue weighted by Crippen LogP contribution is -2.07. The molecule has 0 radical (unpaired) electrons. The molecule has 1 heterocycles. The number of nitrogens with zero attached hydrogens (tertiary/aromatic N) is 4. The average molecular weight is 228 g/mol. The van der Waals surface area contributed by atoms with Crippen LogP contribution in [0.1, 0.15) is 44.0 Å². The minimum Gasteiger partial charge on any atom is -0.243 e. The van der Waals surface area contributed by atoms with Crippen LogP contribution in [-0.4, -0.2) is 15.0 Å². The zero-order chi connectivity index (χ0) is 12.0. The molecule has 0 bridgehead atoms. The monoisotopic (exact) mass is 228 g/mol. The molecule has 16 heavy (non-hydrogen) atoms. The number of aryl methyl sites for hydroxylation is 1. The van der Waals surface area contributed by atoms with Gasteiger partial charge in [-0.1, -0.05) is 25.0 Å². The highest BCUT2D eigenvalue weighted by Crippen LogP contribution is 2.22. The Kier molecular flexibility index (Phi) is 4.83. The van der Waals surface area contributed by atoms with E-state index in [0.29, 0.717) is 6.54 Å². The number of halogens is 2. The molecular formula is C10H14F2N4. The maximum Gasteiger partial charge on any atom is 0.281 e. The van der Waals surface area contributed by atoms with E-state index in [4.69, 9.17) is 5.26 Å².